The highest BCUT2D eigenvalue weighted by Crippen LogP contribution is 2.29. The summed E-state index contributed by atoms with van der Waals surface area (Å²) in [6, 6.07) is 13.3. The highest BCUT2D eigenvalue weighted by atomic mass is 32.1. The van der Waals surface area contributed by atoms with Crippen molar-refractivity contribution >= 4 is 28.5 Å². The summed E-state index contributed by atoms with van der Waals surface area (Å²) in [6.07, 6.45) is 3.77. The number of carbonyl (C=O) groups excluding carboxylic acids is 1. The number of anilines is 1. The summed E-state index contributed by atoms with van der Waals surface area (Å²) in [7, 11) is 1.54. The Morgan fingerprint density at radius 3 is 2.55 bits per heavy atom. The lowest BCUT2D eigenvalue weighted by molar-refractivity contribution is -0.112. The maximum absolute atomic E-state index is 12.3. The average molecular weight is 464 g/mol. The molecule has 0 unspecified atom stereocenters. The Kier molecular flexibility index (Phi) is 8.44. The van der Waals surface area contributed by atoms with Gasteiger partial charge in [0.2, 0.25) is 0 Å². The van der Waals surface area contributed by atoms with Crippen molar-refractivity contribution < 1.29 is 19.0 Å². The van der Waals surface area contributed by atoms with Crippen LogP contribution in [0.25, 0.3) is 6.08 Å². The van der Waals surface area contributed by atoms with Crippen LogP contribution in [-0.2, 0) is 4.79 Å². The first-order valence-corrected chi connectivity index (χ1v) is 11.2. The van der Waals surface area contributed by atoms with Crippen molar-refractivity contribution in [2.24, 2.45) is 0 Å². The number of amides is 1. The minimum absolute atomic E-state index is 0.0375. The third-order valence-corrected chi connectivity index (χ3v) is 5.34. The Hall–Kier alpha value is -3.83. The smallest absolute Gasteiger partial charge is 0.268 e. The molecule has 0 bridgehead atoms. The molecule has 170 valence electrons. The van der Waals surface area contributed by atoms with Crippen molar-refractivity contribution in [2.45, 2.75) is 20.3 Å². The zero-order valence-electron chi connectivity index (χ0n) is 18.8. The van der Waals surface area contributed by atoms with Crippen LogP contribution >= 0.6 is 11.3 Å². The number of nitriles is 1. The first-order valence-electron chi connectivity index (χ1n) is 10.3. The molecule has 0 radical (unpaired) electrons. The van der Waals surface area contributed by atoms with E-state index >= 15 is 0 Å². The second kappa shape index (κ2) is 11.7. The Morgan fingerprint density at radius 1 is 1.12 bits per heavy atom. The van der Waals surface area contributed by atoms with Crippen LogP contribution < -0.4 is 19.5 Å². The van der Waals surface area contributed by atoms with Gasteiger partial charge in [-0.3, -0.25) is 10.1 Å². The third-order valence-electron chi connectivity index (χ3n) is 4.65. The number of nitrogens with one attached hydrogen (secondary N) is 1. The molecule has 0 aliphatic carbocycles. The van der Waals surface area contributed by atoms with E-state index in [2.05, 4.69) is 23.3 Å². The summed E-state index contributed by atoms with van der Waals surface area (Å²) < 4.78 is 17.1. The molecule has 8 heteroatoms. The highest BCUT2D eigenvalue weighted by molar-refractivity contribution is 7.13. The van der Waals surface area contributed by atoms with E-state index in [1.54, 1.807) is 36.9 Å². The summed E-state index contributed by atoms with van der Waals surface area (Å²) in [5, 5.41) is 14.2. The normalized spacial score (nSPS) is 10.9. The van der Waals surface area contributed by atoms with Gasteiger partial charge in [-0.15, -0.1) is 11.3 Å². The number of rotatable bonds is 10. The number of aromatic nitrogens is 1. The van der Waals surface area contributed by atoms with Gasteiger partial charge in [-0.2, -0.15) is 5.26 Å². The van der Waals surface area contributed by atoms with E-state index in [0.29, 0.717) is 41.8 Å². The van der Waals surface area contributed by atoms with Gasteiger partial charge in [0.05, 0.1) is 20.3 Å². The molecule has 33 heavy (non-hydrogen) atoms. The largest absolute Gasteiger partial charge is 0.493 e. The van der Waals surface area contributed by atoms with Crippen LogP contribution in [0.2, 0.25) is 0 Å². The van der Waals surface area contributed by atoms with E-state index in [1.165, 1.54) is 23.0 Å². The van der Waals surface area contributed by atoms with Gasteiger partial charge < -0.3 is 14.2 Å². The second-order valence-corrected chi connectivity index (χ2v) is 8.09. The van der Waals surface area contributed by atoms with E-state index < -0.39 is 5.91 Å². The molecule has 1 amide bonds. The molecule has 0 saturated carbocycles. The molecule has 0 aliphatic heterocycles. The van der Waals surface area contributed by atoms with Crippen LogP contribution in [-0.4, -0.2) is 31.2 Å². The number of carbonyl (C=O) groups is 1. The first-order chi connectivity index (χ1) is 16.0. The maximum Gasteiger partial charge on any atom is 0.268 e. The van der Waals surface area contributed by atoms with Gasteiger partial charge in [0, 0.05) is 18.0 Å². The summed E-state index contributed by atoms with van der Waals surface area (Å²) >= 11 is 1.28. The quantitative estimate of drug-likeness (QED) is 0.254. The lowest BCUT2D eigenvalue weighted by Crippen LogP contribution is -2.13. The Labute approximate surface area is 197 Å². The number of hydrogen-bond acceptors (Lipinski definition) is 7. The maximum atomic E-state index is 12.3. The molecule has 1 N–H and O–H groups in total. The lowest BCUT2D eigenvalue weighted by atomic mass is 10.1. The number of hydrogen-bond donors (Lipinski definition) is 1. The fraction of sp³-hybridized carbons (Fsp3) is 0.240. The molecule has 1 aromatic heterocycles. The lowest BCUT2D eigenvalue weighted by Gasteiger charge is -2.13. The van der Waals surface area contributed by atoms with Gasteiger partial charge in [0.1, 0.15) is 17.4 Å². The van der Waals surface area contributed by atoms with Crippen LogP contribution in [0, 0.1) is 25.2 Å². The molecular weight excluding hydrogens is 438 g/mol. The minimum atomic E-state index is -0.518. The van der Waals surface area contributed by atoms with Gasteiger partial charge in [-0.25, -0.2) is 4.98 Å². The Morgan fingerprint density at radius 2 is 1.88 bits per heavy atom. The van der Waals surface area contributed by atoms with Crippen molar-refractivity contribution in [3.05, 3.63) is 70.2 Å². The summed E-state index contributed by atoms with van der Waals surface area (Å²) in [5.41, 5.74) is 2.92. The van der Waals surface area contributed by atoms with Crippen LogP contribution in [0.4, 0.5) is 5.13 Å². The first kappa shape index (κ1) is 23.8. The van der Waals surface area contributed by atoms with Gasteiger partial charge in [-0.1, -0.05) is 23.8 Å². The van der Waals surface area contributed by atoms with E-state index in [0.717, 1.165) is 11.3 Å². The van der Waals surface area contributed by atoms with Crippen molar-refractivity contribution in [1.29, 1.82) is 5.26 Å². The zero-order chi connectivity index (χ0) is 23.6. The number of thiazole rings is 1. The molecular formula is C25H25N3O4S. The van der Waals surface area contributed by atoms with E-state index in [1.807, 2.05) is 25.1 Å². The number of ether oxygens (including phenoxy) is 3. The van der Waals surface area contributed by atoms with Crippen LogP contribution in [0.15, 0.2) is 53.5 Å². The van der Waals surface area contributed by atoms with Crippen LogP contribution in [0.1, 0.15) is 23.1 Å². The monoisotopic (exact) mass is 463 g/mol. The zero-order valence-corrected chi connectivity index (χ0v) is 19.6. The second-order valence-electron chi connectivity index (χ2n) is 7.19. The van der Waals surface area contributed by atoms with Gasteiger partial charge in [-0.05, 0) is 49.2 Å². The Bertz CT molecular complexity index is 1170. The molecule has 7 nitrogen and oxygen atoms in total. The topological polar surface area (TPSA) is 93.5 Å². The fourth-order valence-corrected chi connectivity index (χ4v) is 3.57. The van der Waals surface area contributed by atoms with Gasteiger partial charge in [0.15, 0.2) is 16.6 Å². The van der Waals surface area contributed by atoms with E-state index in [4.69, 9.17) is 14.2 Å². The minimum Gasteiger partial charge on any atom is -0.493 e. The summed E-state index contributed by atoms with van der Waals surface area (Å²) in [6.45, 7) is 5.07. The van der Waals surface area contributed by atoms with Crippen molar-refractivity contribution in [3.8, 4) is 23.3 Å². The molecule has 0 spiro atoms. The average Bonchev–Trinajstić information content (AvgIpc) is 3.32. The molecule has 2 aromatic carbocycles. The van der Waals surface area contributed by atoms with Crippen molar-refractivity contribution in [1.82, 2.24) is 4.98 Å². The van der Waals surface area contributed by atoms with Crippen molar-refractivity contribution in [2.75, 3.05) is 25.6 Å². The molecule has 3 aromatic rings. The highest BCUT2D eigenvalue weighted by Gasteiger charge is 2.12. The molecule has 0 fully saturated rings. The number of benzene rings is 2. The summed E-state index contributed by atoms with van der Waals surface area (Å²) in [5.74, 6) is 1.45. The Balaban J connectivity index is 1.56. The number of nitrogens with zero attached hydrogens (tertiary/aromatic N) is 2. The fourth-order valence-electron chi connectivity index (χ4n) is 3.04. The number of aryl methyl sites for hydroxylation is 2. The molecule has 0 aliphatic rings. The van der Waals surface area contributed by atoms with Crippen molar-refractivity contribution in [3.63, 3.8) is 0 Å². The van der Waals surface area contributed by atoms with E-state index in [9.17, 15) is 10.1 Å². The SMILES string of the molecule is COc1cc(C=C(C#N)C(=O)Nc2nccs2)ccc1OCCCOc1ccc(C)cc1C. The molecule has 0 atom stereocenters. The molecule has 0 saturated heterocycles. The van der Waals surface area contributed by atoms with Gasteiger partial charge >= 0.3 is 0 Å². The predicted octanol–water partition coefficient (Wildman–Crippen LogP) is 5.16. The van der Waals surface area contributed by atoms with Gasteiger partial charge in [0.25, 0.3) is 5.91 Å². The standard InChI is InChI=1S/C25H25N3O4S/c1-17-5-7-21(18(2)13-17)31-10-4-11-32-22-8-6-19(15-23(22)30-3)14-20(16-26)24(29)28-25-27-9-12-33-25/h5-9,12-15H,4,10-11H2,1-3H3,(H,27,28,29). The van der Waals surface area contributed by atoms with E-state index in [-0.39, 0.29) is 5.57 Å². The summed E-state index contributed by atoms with van der Waals surface area (Å²) in [4.78, 5) is 16.3. The predicted molar refractivity (Wildman–Crippen MR) is 129 cm³/mol. The third kappa shape index (κ3) is 6.82. The van der Waals surface area contributed by atoms with Crippen LogP contribution in [0.3, 0.4) is 0 Å². The number of methoxy groups -OCH3 is 1. The molecule has 1 heterocycles. The molecule has 3 rings (SSSR count). The van der Waals surface area contributed by atoms with Crippen LogP contribution in [0.5, 0.6) is 17.2 Å².